The molecular formula is C20H31BO3. The number of hydrogen-bond donors (Lipinski definition) is 0. The van der Waals surface area contributed by atoms with E-state index in [1.165, 1.54) is 11.1 Å². The molecule has 0 spiro atoms. The van der Waals surface area contributed by atoms with Gasteiger partial charge >= 0.3 is 7.12 Å². The Kier molecular flexibility index (Phi) is 3.72. The molecule has 0 aliphatic carbocycles. The highest BCUT2D eigenvalue weighted by Crippen LogP contribution is 2.45. The molecule has 3 rings (SSSR count). The van der Waals surface area contributed by atoms with Crippen LogP contribution in [0, 0.1) is 0 Å². The van der Waals surface area contributed by atoms with Crippen LogP contribution in [0.4, 0.5) is 0 Å². The maximum absolute atomic E-state index is 6.28. The molecule has 132 valence electrons. The fourth-order valence-corrected chi connectivity index (χ4v) is 3.31. The molecule has 0 aromatic heterocycles. The number of benzene rings is 1. The van der Waals surface area contributed by atoms with E-state index in [-0.39, 0.29) is 29.2 Å². The first kappa shape index (κ1) is 17.8. The summed E-state index contributed by atoms with van der Waals surface area (Å²) in [5.74, 6) is 1.05. The molecule has 3 nitrogen and oxygen atoms in total. The van der Waals surface area contributed by atoms with E-state index in [1.807, 2.05) is 0 Å². The molecule has 2 aliphatic heterocycles. The molecule has 4 heteroatoms. The molecule has 0 radical (unpaired) electrons. The largest absolute Gasteiger partial charge is 0.494 e. The second-order valence-electron chi connectivity index (χ2n) is 9.96. The maximum Gasteiger partial charge on any atom is 0.494 e. The van der Waals surface area contributed by atoms with E-state index in [2.05, 4.69) is 74.4 Å². The van der Waals surface area contributed by atoms with Gasteiger partial charge in [0.1, 0.15) is 5.75 Å². The standard InChI is InChI=1S/C20H31BO3/c1-17(2,3)14-10-13(11-15-16(14)22-12-18(15,4)5)21-23-19(6,7)20(8,9)24-21/h10-11H,12H2,1-9H3. The van der Waals surface area contributed by atoms with Gasteiger partial charge in [-0.05, 0) is 44.1 Å². The first-order valence-electron chi connectivity index (χ1n) is 8.92. The summed E-state index contributed by atoms with van der Waals surface area (Å²) in [5, 5.41) is 0. The van der Waals surface area contributed by atoms with Crippen LogP contribution in [0.2, 0.25) is 0 Å². The Hall–Kier alpha value is -0.995. The fraction of sp³-hybridized carbons (Fsp3) is 0.700. The normalized spacial score (nSPS) is 24.0. The first-order chi connectivity index (χ1) is 10.7. The summed E-state index contributed by atoms with van der Waals surface area (Å²) in [7, 11) is -0.335. The van der Waals surface area contributed by atoms with Crippen LogP contribution >= 0.6 is 0 Å². The third-order valence-corrected chi connectivity index (χ3v) is 5.75. The zero-order valence-electron chi connectivity index (χ0n) is 16.7. The van der Waals surface area contributed by atoms with Crippen molar-refractivity contribution in [1.29, 1.82) is 0 Å². The van der Waals surface area contributed by atoms with Crippen LogP contribution < -0.4 is 10.2 Å². The highest BCUT2D eigenvalue weighted by molar-refractivity contribution is 6.62. The zero-order valence-corrected chi connectivity index (χ0v) is 16.7. The van der Waals surface area contributed by atoms with Gasteiger partial charge in [0.05, 0.1) is 17.8 Å². The Labute approximate surface area is 147 Å². The highest BCUT2D eigenvalue weighted by atomic mass is 16.7. The Bertz CT molecular complexity index is 652. The number of rotatable bonds is 1. The van der Waals surface area contributed by atoms with Crippen LogP contribution in [0.25, 0.3) is 0 Å². The van der Waals surface area contributed by atoms with Gasteiger partial charge in [-0.15, -0.1) is 0 Å². The van der Waals surface area contributed by atoms with E-state index in [4.69, 9.17) is 14.0 Å². The van der Waals surface area contributed by atoms with Crippen LogP contribution in [0.3, 0.4) is 0 Å². The molecule has 2 heterocycles. The van der Waals surface area contributed by atoms with Crippen LogP contribution in [0.5, 0.6) is 5.75 Å². The molecule has 0 bridgehead atoms. The lowest BCUT2D eigenvalue weighted by atomic mass is 9.71. The Morgan fingerprint density at radius 1 is 0.917 bits per heavy atom. The van der Waals surface area contributed by atoms with Crippen molar-refractivity contribution in [3.63, 3.8) is 0 Å². The Balaban J connectivity index is 2.12. The molecule has 2 aliphatic rings. The lowest BCUT2D eigenvalue weighted by Crippen LogP contribution is -2.41. The lowest BCUT2D eigenvalue weighted by Gasteiger charge is -2.32. The molecule has 1 fully saturated rings. The lowest BCUT2D eigenvalue weighted by molar-refractivity contribution is 0.00578. The van der Waals surface area contributed by atoms with Crippen LogP contribution in [0.15, 0.2) is 12.1 Å². The van der Waals surface area contributed by atoms with E-state index < -0.39 is 0 Å². The average molecular weight is 330 g/mol. The van der Waals surface area contributed by atoms with Gasteiger partial charge in [-0.1, -0.05) is 46.8 Å². The molecule has 1 aromatic carbocycles. The van der Waals surface area contributed by atoms with Crippen molar-refractivity contribution >= 4 is 12.6 Å². The fourth-order valence-electron chi connectivity index (χ4n) is 3.31. The van der Waals surface area contributed by atoms with E-state index >= 15 is 0 Å². The number of hydrogen-bond acceptors (Lipinski definition) is 3. The minimum atomic E-state index is -0.335. The molecular weight excluding hydrogens is 299 g/mol. The number of ether oxygens (including phenoxy) is 1. The molecule has 0 unspecified atom stereocenters. The van der Waals surface area contributed by atoms with Crippen molar-refractivity contribution in [1.82, 2.24) is 0 Å². The van der Waals surface area contributed by atoms with Gasteiger partial charge in [0.2, 0.25) is 0 Å². The summed E-state index contributed by atoms with van der Waals surface area (Å²) < 4.78 is 18.7. The first-order valence-corrected chi connectivity index (χ1v) is 8.92. The van der Waals surface area contributed by atoms with E-state index in [0.29, 0.717) is 0 Å². The predicted molar refractivity (Wildman–Crippen MR) is 99.4 cm³/mol. The molecule has 1 saturated heterocycles. The smallest absolute Gasteiger partial charge is 0.492 e. The van der Waals surface area contributed by atoms with Crippen LogP contribution in [0.1, 0.15) is 73.4 Å². The Morgan fingerprint density at radius 3 is 1.96 bits per heavy atom. The summed E-state index contributed by atoms with van der Waals surface area (Å²) >= 11 is 0. The summed E-state index contributed by atoms with van der Waals surface area (Å²) in [5.41, 5.74) is 2.94. The number of fused-ring (bicyclic) bond motifs is 1. The highest BCUT2D eigenvalue weighted by Gasteiger charge is 2.52. The molecule has 0 atom stereocenters. The van der Waals surface area contributed by atoms with E-state index in [0.717, 1.165) is 17.8 Å². The van der Waals surface area contributed by atoms with Crippen molar-refractivity contribution in [3.8, 4) is 5.75 Å². The summed E-state index contributed by atoms with van der Waals surface area (Å²) in [4.78, 5) is 0. The van der Waals surface area contributed by atoms with Crippen LogP contribution in [-0.2, 0) is 20.1 Å². The molecule has 0 amide bonds. The van der Waals surface area contributed by atoms with Crippen LogP contribution in [-0.4, -0.2) is 24.9 Å². The van der Waals surface area contributed by atoms with Gasteiger partial charge in [0.25, 0.3) is 0 Å². The van der Waals surface area contributed by atoms with Gasteiger partial charge < -0.3 is 14.0 Å². The third kappa shape index (κ3) is 2.68. The minimum absolute atomic E-state index is 0.00412. The second kappa shape index (κ2) is 5.01. The second-order valence-corrected chi connectivity index (χ2v) is 9.96. The van der Waals surface area contributed by atoms with E-state index in [1.54, 1.807) is 0 Å². The topological polar surface area (TPSA) is 27.7 Å². The maximum atomic E-state index is 6.28. The quantitative estimate of drug-likeness (QED) is 0.730. The van der Waals surface area contributed by atoms with Gasteiger partial charge in [-0.2, -0.15) is 0 Å². The Morgan fingerprint density at radius 2 is 1.46 bits per heavy atom. The predicted octanol–water partition coefficient (Wildman–Crippen LogP) is 3.95. The van der Waals surface area contributed by atoms with Crippen molar-refractivity contribution in [2.24, 2.45) is 0 Å². The zero-order chi connectivity index (χ0) is 18.1. The van der Waals surface area contributed by atoms with E-state index in [9.17, 15) is 0 Å². The van der Waals surface area contributed by atoms with Crippen molar-refractivity contribution < 1.29 is 14.0 Å². The van der Waals surface area contributed by atoms with Gasteiger partial charge in [-0.3, -0.25) is 0 Å². The van der Waals surface area contributed by atoms with Crippen molar-refractivity contribution in [3.05, 3.63) is 23.3 Å². The monoisotopic (exact) mass is 330 g/mol. The molecule has 0 N–H and O–H groups in total. The molecule has 1 aromatic rings. The summed E-state index contributed by atoms with van der Waals surface area (Å²) in [6, 6.07) is 4.43. The van der Waals surface area contributed by atoms with Crippen molar-refractivity contribution in [2.75, 3.05) is 6.61 Å². The molecule has 24 heavy (non-hydrogen) atoms. The summed E-state index contributed by atoms with van der Waals surface area (Å²) in [6.07, 6.45) is 0. The average Bonchev–Trinajstić information content (AvgIpc) is 2.82. The van der Waals surface area contributed by atoms with Gasteiger partial charge in [-0.25, -0.2) is 0 Å². The minimum Gasteiger partial charge on any atom is -0.492 e. The molecule has 0 saturated carbocycles. The van der Waals surface area contributed by atoms with Gasteiger partial charge in [0.15, 0.2) is 0 Å². The summed E-state index contributed by atoms with van der Waals surface area (Å²) in [6.45, 7) is 20.3. The third-order valence-electron chi connectivity index (χ3n) is 5.75. The van der Waals surface area contributed by atoms with Gasteiger partial charge in [0, 0.05) is 11.0 Å². The van der Waals surface area contributed by atoms with Crippen molar-refractivity contribution in [2.45, 2.75) is 84.3 Å². The SMILES string of the molecule is CC(C)(C)c1cc(B2OC(C)(C)C(C)(C)O2)cc2c1OCC2(C)C.